The average molecular weight is 474 g/mol. The van der Waals surface area contributed by atoms with Gasteiger partial charge in [-0.15, -0.1) is 0 Å². The molecule has 0 unspecified atom stereocenters. The first-order valence-electron chi connectivity index (χ1n) is 11.6. The van der Waals surface area contributed by atoms with Crippen molar-refractivity contribution in [2.45, 2.75) is 32.6 Å². The van der Waals surface area contributed by atoms with Crippen molar-refractivity contribution >= 4 is 17.1 Å². The number of nitrogens with zero attached hydrogens (tertiary/aromatic N) is 5. The van der Waals surface area contributed by atoms with Crippen molar-refractivity contribution in [1.82, 2.24) is 23.6 Å². The number of hydrogen-bond acceptors (Lipinski definition) is 5. The summed E-state index contributed by atoms with van der Waals surface area (Å²) in [4.78, 5) is 46.4. The van der Waals surface area contributed by atoms with Crippen LogP contribution in [0.15, 0.2) is 70.5 Å². The highest BCUT2D eigenvalue weighted by Crippen LogP contribution is 2.18. The van der Waals surface area contributed by atoms with Crippen LogP contribution in [0.1, 0.15) is 16.7 Å². The third-order valence-electron chi connectivity index (χ3n) is 6.48. The second-order valence-electron chi connectivity index (χ2n) is 8.68. The maximum Gasteiger partial charge on any atom is 0.333 e. The number of carbonyl (C=O) groups excluding carboxylic acids is 1. The summed E-state index contributed by atoms with van der Waals surface area (Å²) in [6.45, 7) is 1.73. The van der Waals surface area contributed by atoms with Crippen LogP contribution in [-0.2, 0) is 42.1 Å². The molecule has 2 aromatic carbocycles. The molecule has 0 bridgehead atoms. The van der Waals surface area contributed by atoms with E-state index in [0.717, 1.165) is 22.1 Å². The summed E-state index contributed by atoms with van der Waals surface area (Å²) in [5.74, 6) is -0.257. The predicted molar refractivity (Wildman–Crippen MR) is 131 cm³/mol. The van der Waals surface area contributed by atoms with E-state index in [1.165, 1.54) is 10.1 Å². The number of amides is 1. The number of fused-ring (bicyclic) bond motifs is 2. The lowest BCUT2D eigenvalue weighted by molar-refractivity contribution is -0.132. The van der Waals surface area contributed by atoms with Crippen LogP contribution in [0.25, 0.3) is 11.2 Å². The Labute approximate surface area is 201 Å². The smallest absolute Gasteiger partial charge is 0.333 e. The molecule has 1 aliphatic heterocycles. The van der Waals surface area contributed by atoms with Gasteiger partial charge in [-0.05, 0) is 23.1 Å². The highest BCUT2D eigenvalue weighted by molar-refractivity contribution is 5.77. The molecule has 0 aliphatic carbocycles. The summed E-state index contributed by atoms with van der Waals surface area (Å²) in [6.07, 6.45) is 2.29. The van der Waals surface area contributed by atoms with Gasteiger partial charge in [0.1, 0.15) is 6.54 Å². The zero-order valence-corrected chi connectivity index (χ0v) is 19.6. The SMILES string of the molecule is COCCn1cnc2c1c(=O)n(CC(=O)N1CCc3ccccc3C1)c(=O)n2Cc1ccccc1. The fourth-order valence-electron chi connectivity index (χ4n) is 4.59. The van der Waals surface area contributed by atoms with Crippen LogP contribution in [-0.4, -0.2) is 49.8 Å². The fraction of sp³-hybridized carbons (Fsp3) is 0.308. The first kappa shape index (κ1) is 22.8. The molecular weight excluding hydrogens is 446 g/mol. The monoisotopic (exact) mass is 473 g/mol. The molecular formula is C26H27N5O4. The van der Waals surface area contributed by atoms with Crippen molar-refractivity contribution in [1.29, 1.82) is 0 Å². The van der Waals surface area contributed by atoms with Gasteiger partial charge in [0.2, 0.25) is 5.91 Å². The first-order chi connectivity index (χ1) is 17.1. The Bertz CT molecular complexity index is 1490. The average Bonchev–Trinajstić information content (AvgIpc) is 3.32. The molecule has 3 heterocycles. The number of benzene rings is 2. The van der Waals surface area contributed by atoms with E-state index in [0.29, 0.717) is 31.9 Å². The molecule has 2 aromatic heterocycles. The molecule has 0 saturated carbocycles. The van der Waals surface area contributed by atoms with Crippen LogP contribution in [0.5, 0.6) is 0 Å². The highest BCUT2D eigenvalue weighted by atomic mass is 16.5. The molecule has 1 aliphatic rings. The van der Waals surface area contributed by atoms with Crippen LogP contribution in [0, 0.1) is 0 Å². The quantitative estimate of drug-likeness (QED) is 0.407. The lowest BCUT2D eigenvalue weighted by Crippen LogP contribution is -2.46. The zero-order chi connectivity index (χ0) is 24.4. The summed E-state index contributed by atoms with van der Waals surface area (Å²) in [5.41, 5.74) is 2.73. The van der Waals surface area contributed by atoms with E-state index >= 15 is 0 Å². The largest absolute Gasteiger partial charge is 0.383 e. The number of imidazole rings is 1. The molecule has 0 saturated heterocycles. The van der Waals surface area contributed by atoms with Gasteiger partial charge in [-0.1, -0.05) is 54.6 Å². The van der Waals surface area contributed by atoms with E-state index in [-0.39, 0.29) is 24.5 Å². The normalized spacial score (nSPS) is 13.2. The maximum absolute atomic E-state index is 13.5. The minimum Gasteiger partial charge on any atom is -0.383 e. The summed E-state index contributed by atoms with van der Waals surface area (Å²) in [5, 5.41) is 0. The third kappa shape index (κ3) is 4.42. The Morgan fingerprint density at radius 1 is 1.00 bits per heavy atom. The molecule has 4 aromatic rings. The second-order valence-corrected chi connectivity index (χ2v) is 8.68. The Kier molecular flexibility index (Phi) is 6.33. The fourth-order valence-corrected chi connectivity index (χ4v) is 4.59. The standard InChI is InChI=1S/C26H27N5O4/c1-35-14-13-29-18-27-24-23(29)25(33)31(26(34)30(24)15-19-7-3-2-4-8-19)17-22(32)28-12-11-20-9-5-6-10-21(20)16-28/h2-10,18H,11-17H2,1H3. The van der Waals surface area contributed by atoms with Gasteiger partial charge in [0.05, 0.1) is 19.5 Å². The first-order valence-corrected chi connectivity index (χ1v) is 11.6. The van der Waals surface area contributed by atoms with Crippen LogP contribution < -0.4 is 11.2 Å². The number of carbonyl (C=O) groups is 1. The Morgan fingerprint density at radius 3 is 2.51 bits per heavy atom. The number of hydrogen-bond donors (Lipinski definition) is 0. The molecule has 9 heteroatoms. The summed E-state index contributed by atoms with van der Waals surface area (Å²) >= 11 is 0. The number of aromatic nitrogens is 4. The predicted octanol–water partition coefficient (Wildman–Crippen LogP) is 1.64. The van der Waals surface area contributed by atoms with Gasteiger partial charge in [0.15, 0.2) is 11.2 Å². The molecule has 5 rings (SSSR count). The van der Waals surface area contributed by atoms with Crippen LogP contribution >= 0.6 is 0 Å². The molecule has 0 atom stereocenters. The molecule has 35 heavy (non-hydrogen) atoms. The maximum atomic E-state index is 13.5. The van der Waals surface area contributed by atoms with E-state index in [4.69, 9.17) is 4.74 Å². The van der Waals surface area contributed by atoms with Gasteiger partial charge in [0.25, 0.3) is 5.56 Å². The molecule has 0 N–H and O–H groups in total. The van der Waals surface area contributed by atoms with Crippen LogP contribution in [0.2, 0.25) is 0 Å². The third-order valence-corrected chi connectivity index (χ3v) is 6.48. The van der Waals surface area contributed by atoms with Gasteiger partial charge < -0.3 is 14.2 Å². The van der Waals surface area contributed by atoms with Crippen molar-refractivity contribution < 1.29 is 9.53 Å². The van der Waals surface area contributed by atoms with Crippen LogP contribution in [0.4, 0.5) is 0 Å². The van der Waals surface area contributed by atoms with Gasteiger partial charge in [0, 0.05) is 26.7 Å². The van der Waals surface area contributed by atoms with Crippen molar-refractivity contribution in [2.75, 3.05) is 20.3 Å². The van der Waals surface area contributed by atoms with E-state index in [9.17, 15) is 14.4 Å². The Hall–Kier alpha value is -3.98. The van der Waals surface area contributed by atoms with Gasteiger partial charge in [-0.2, -0.15) is 0 Å². The van der Waals surface area contributed by atoms with Crippen molar-refractivity contribution in [3.63, 3.8) is 0 Å². The van der Waals surface area contributed by atoms with E-state index in [1.54, 1.807) is 22.9 Å². The molecule has 0 spiro atoms. The Morgan fingerprint density at radius 2 is 1.74 bits per heavy atom. The van der Waals surface area contributed by atoms with Crippen molar-refractivity contribution in [3.05, 3.63) is 98.5 Å². The number of methoxy groups -OCH3 is 1. The van der Waals surface area contributed by atoms with Crippen molar-refractivity contribution in [3.8, 4) is 0 Å². The lowest BCUT2D eigenvalue weighted by atomic mass is 10.00. The Balaban J connectivity index is 1.54. The number of rotatable bonds is 7. The van der Waals surface area contributed by atoms with E-state index in [2.05, 4.69) is 11.1 Å². The zero-order valence-electron chi connectivity index (χ0n) is 19.6. The summed E-state index contributed by atoms with van der Waals surface area (Å²) < 4.78 is 9.36. The minimum absolute atomic E-state index is 0.239. The van der Waals surface area contributed by atoms with Crippen LogP contribution in [0.3, 0.4) is 0 Å². The van der Waals surface area contributed by atoms with Crippen molar-refractivity contribution in [2.24, 2.45) is 0 Å². The topological polar surface area (TPSA) is 91.4 Å². The van der Waals surface area contributed by atoms with E-state index in [1.807, 2.05) is 48.5 Å². The van der Waals surface area contributed by atoms with Gasteiger partial charge >= 0.3 is 5.69 Å². The minimum atomic E-state index is -0.547. The second kappa shape index (κ2) is 9.71. The molecule has 180 valence electrons. The van der Waals surface area contributed by atoms with Gasteiger partial charge in [-0.25, -0.2) is 14.3 Å². The molecule has 9 nitrogen and oxygen atoms in total. The molecule has 0 radical (unpaired) electrons. The van der Waals surface area contributed by atoms with E-state index < -0.39 is 11.2 Å². The highest BCUT2D eigenvalue weighted by Gasteiger charge is 2.24. The summed E-state index contributed by atoms with van der Waals surface area (Å²) in [6, 6.07) is 17.5. The number of ether oxygens (including phenoxy) is 1. The summed E-state index contributed by atoms with van der Waals surface area (Å²) in [7, 11) is 1.58. The molecule has 1 amide bonds. The van der Waals surface area contributed by atoms with Gasteiger partial charge in [-0.3, -0.25) is 14.2 Å². The molecule has 0 fully saturated rings. The lowest BCUT2D eigenvalue weighted by Gasteiger charge is -2.29.